The summed E-state index contributed by atoms with van der Waals surface area (Å²) in [6.45, 7) is 3.38. The number of carbonyl (C=O) groups is 1. The van der Waals surface area contributed by atoms with Crippen molar-refractivity contribution in [1.82, 2.24) is 4.98 Å². The van der Waals surface area contributed by atoms with Gasteiger partial charge in [-0.15, -0.1) is 0 Å². The van der Waals surface area contributed by atoms with E-state index in [1.165, 1.54) is 6.92 Å². The van der Waals surface area contributed by atoms with Crippen LogP contribution in [0.25, 0.3) is 22.4 Å². The number of nitriles is 1. The van der Waals surface area contributed by atoms with Crippen LogP contribution in [0, 0.1) is 18.3 Å². The van der Waals surface area contributed by atoms with Crippen LogP contribution < -0.4 is 15.8 Å². The third-order valence-corrected chi connectivity index (χ3v) is 4.44. The average molecular weight is 372 g/mol. The Bertz CT molecular complexity index is 1070. The molecule has 0 aliphatic heterocycles. The minimum absolute atomic E-state index is 0.142. The van der Waals surface area contributed by atoms with Crippen LogP contribution in [0.3, 0.4) is 0 Å². The van der Waals surface area contributed by atoms with Crippen molar-refractivity contribution in [3.8, 4) is 34.2 Å². The Labute approximate surface area is 163 Å². The average Bonchev–Trinajstić information content (AvgIpc) is 2.69. The molecule has 0 aliphatic rings. The van der Waals surface area contributed by atoms with Gasteiger partial charge in [-0.05, 0) is 54.4 Å². The number of rotatable bonds is 4. The predicted octanol–water partition coefficient (Wildman–Crippen LogP) is 4.14. The quantitative estimate of drug-likeness (QED) is 0.716. The van der Waals surface area contributed by atoms with E-state index in [0.29, 0.717) is 16.9 Å². The van der Waals surface area contributed by atoms with Crippen LogP contribution in [0.15, 0.2) is 48.5 Å². The number of nitrogens with one attached hydrogen (secondary N) is 1. The van der Waals surface area contributed by atoms with E-state index in [1.807, 2.05) is 43.3 Å². The highest BCUT2D eigenvalue weighted by molar-refractivity contribution is 5.90. The summed E-state index contributed by atoms with van der Waals surface area (Å²) in [4.78, 5) is 15.7. The van der Waals surface area contributed by atoms with Crippen molar-refractivity contribution in [1.29, 1.82) is 5.26 Å². The SMILES string of the molecule is COc1ccc(-c2nc(N)c(C#N)c(-c3ccc(NC(C)=O)cc3)c2C)cc1. The van der Waals surface area contributed by atoms with Gasteiger partial charge < -0.3 is 15.8 Å². The van der Waals surface area contributed by atoms with Gasteiger partial charge in [0.1, 0.15) is 23.2 Å². The molecular formula is C22H20N4O2. The number of nitrogen functional groups attached to an aromatic ring is 1. The number of amides is 1. The van der Waals surface area contributed by atoms with Crippen molar-refractivity contribution < 1.29 is 9.53 Å². The Kier molecular flexibility index (Phi) is 5.28. The number of nitrogens with zero attached hydrogens (tertiary/aromatic N) is 2. The molecule has 140 valence electrons. The lowest BCUT2D eigenvalue weighted by Crippen LogP contribution is -2.06. The van der Waals surface area contributed by atoms with E-state index in [9.17, 15) is 10.1 Å². The normalized spacial score (nSPS) is 10.2. The Hall–Kier alpha value is -3.85. The maximum atomic E-state index is 11.2. The lowest BCUT2D eigenvalue weighted by Gasteiger charge is -2.15. The first-order chi connectivity index (χ1) is 13.4. The predicted molar refractivity (Wildman–Crippen MR) is 110 cm³/mol. The second kappa shape index (κ2) is 7.80. The topological polar surface area (TPSA) is 101 Å². The maximum absolute atomic E-state index is 11.2. The number of nitrogens with two attached hydrogens (primary N) is 1. The number of methoxy groups -OCH3 is 1. The first-order valence-electron chi connectivity index (χ1n) is 8.67. The van der Waals surface area contributed by atoms with Crippen LogP contribution in [-0.2, 0) is 4.79 Å². The highest BCUT2D eigenvalue weighted by Crippen LogP contribution is 2.36. The third kappa shape index (κ3) is 3.64. The van der Waals surface area contributed by atoms with Crippen LogP contribution in [0.1, 0.15) is 18.1 Å². The number of hydrogen-bond donors (Lipinski definition) is 2. The van der Waals surface area contributed by atoms with Gasteiger partial charge in [0.05, 0.1) is 12.8 Å². The lowest BCUT2D eigenvalue weighted by molar-refractivity contribution is -0.114. The number of anilines is 2. The van der Waals surface area contributed by atoms with Gasteiger partial charge in [-0.2, -0.15) is 5.26 Å². The molecule has 1 aromatic heterocycles. The molecule has 0 radical (unpaired) electrons. The van der Waals surface area contributed by atoms with Crippen LogP contribution in [-0.4, -0.2) is 18.0 Å². The number of hydrogen-bond acceptors (Lipinski definition) is 5. The van der Waals surface area contributed by atoms with E-state index < -0.39 is 0 Å². The van der Waals surface area contributed by atoms with E-state index in [-0.39, 0.29) is 11.7 Å². The van der Waals surface area contributed by atoms with Gasteiger partial charge in [-0.25, -0.2) is 4.98 Å². The lowest BCUT2D eigenvalue weighted by atomic mass is 9.92. The van der Waals surface area contributed by atoms with Gasteiger partial charge >= 0.3 is 0 Å². The molecule has 1 heterocycles. The van der Waals surface area contributed by atoms with Gasteiger partial charge in [-0.3, -0.25) is 4.79 Å². The van der Waals surface area contributed by atoms with Gasteiger partial charge in [0.25, 0.3) is 0 Å². The van der Waals surface area contributed by atoms with E-state index >= 15 is 0 Å². The summed E-state index contributed by atoms with van der Waals surface area (Å²) in [5.41, 5.74) is 11.1. The summed E-state index contributed by atoms with van der Waals surface area (Å²) in [5.74, 6) is 0.785. The van der Waals surface area contributed by atoms with E-state index in [2.05, 4.69) is 16.4 Å². The molecule has 0 aliphatic carbocycles. The number of aromatic nitrogens is 1. The van der Waals surface area contributed by atoms with Gasteiger partial charge in [0.15, 0.2) is 0 Å². The second-order valence-electron chi connectivity index (χ2n) is 6.32. The molecule has 6 heteroatoms. The first kappa shape index (κ1) is 18.9. The Balaban J connectivity index is 2.15. The first-order valence-corrected chi connectivity index (χ1v) is 8.67. The van der Waals surface area contributed by atoms with Crippen molar-refractivity contribution in [3.63, 3.8) is 0 Å². The highest BCUT2D eigenvalue weighted by Gasteiger charge is 2.18. The summed E-state index contributed by atoms with van der Waals surface area (Å²) in [6.07, 6.45) is 0. The van der Waals surface area contributed by atoms with Crippen molar-refractivity contribution in [3.05, 3.63) is 59.7 Å². The molecule has 1 amide bonds. The smallest absolute Gasteiger partial charge is 0.221 e. The minimum atomic E-state index is -0.142. The molecule has 3 aromatic rings. The van der Waals surface area contributed by atoms with Crippen molar-refractivity contribution >= 4 is 17.4 Å². The summed E-state index contributed by atoms with van der Waals surface area (Å²) >= 11 is 0. The molecule has 3 rings (SSSR count). The maximum Gasteiger partial charge on any atom is 0.221 e. The molecule has 0 bridgehead atoms. The molecular weight excluding hydrogens is 352 g/mol. The zero-order valence-corrected chi connectivity index (χ0v) is 15.9. The summed E-state index contributed by atoms with van der Waals surface area (Å²) in [7, 11) is 1.61. The molecule has 6 nitrogen and oxygen atoms in total. The fourth-order valence-electron chi connectivity index (χ4n) is 3.12. The number of benzene rings is 2. The largest absolute Gasteiger partial charge is 0.497 e. The molecule has 0 fully saturated rings. The second-order valence-corrected chi connectivity index (χ2v) is 6.32. The molecule has 0 saturated heterocycles. The van der Waals surface area contributed by atoms with Crippen molar-refractivity contribution in [2.24, 2.45) is 0 Å². The summed E-state index contributed by atoms with van der Waals surface area (Å²) < 4.78 is 5.21. The monoisotopic (exact) mass is 372 g/mol. The number of carbonyl (C=O) groups excluding carboxylic acids is 1. The summed E-state index contributed by atoms with van der Waals surface area (Å²) in [5, 5.41) is 12.4. The Morgan fingerprint density at radius 1 is 1.11 bits per heavy atom. The van der Waals surface area contributed by atoms with Gasteiger partial charge in [-0.1, -0.05) is 12.1 Å². The van der Waals surface area contributed by atoms with E-state index in [0.717, 1.165) is 28.0 Å². The molecule has 0 saturated carbocycles. The number of ether oxygens (including phenoxy) is 1. The molecule has 0 unspecified atom stereocenters. The zero-order chi connectivity index (χ0) is 20.3. The van der Waals surface area contributed by atoms with Crippen LogP contribution in [0.2, 0.25) is 0 Å². The van der Waals surface area contributed by atoms with Crippen LogP contribution in [0.5, 0.6) is 5.75 Å². The summed E-state index contributed by atoms with van der Waals surface area (Å²) in [6, 6.07) is 17.0. The fourth-order valence-corrected chi connectivity index (χ4v) is 3.12. The highest BCUT2D eigenvalue weighted by atomic mass is 16.5. The Morgan fingerprint density at radius 2 is 1.71 bits per heavy atom. The van der Waals surface area contributed by atoms with E-state index in [1.54, 1.807) is 19.2 Å². The Morgan fingerprint density at radius 3 is 2.25 bits per heavy atom. The van der Waals surface area contributed by atoms with Crippen LogP contribution >= 0.6 is 0 Å². The van der Waals surface area contributed by atoms with Crippen molar-refractivity contribution in [2.75, 3.05) is 18.2 Å². The molecule has 2 aromatic carbocycles. The fraction of sp³-hybridized carbons (Fsp3) is 0.136. The van der Waals surface area contributed by atoms with E-state index in [4.69, 9.17) is 10.5 Å². The molecule has 0 spiro atoms. The van der Waals surface area contributed by atoms with Crippen LogP contribution in [0.4, 0.5) is 11.5 Å². The van der Waals surface area contributed by atoms with Gasteiger partial charge in [0, 0.05) is 23.7 Å². The van der Waals surface area contributed by atoms with Crippen molar-refractivity contribution in [2.45, 2.75) is 13.8 Å². The zero-order valence-electron chi connectivity index (χ0n) is 15.9. The third-order valence-electron chi connectivity index (χ3n) is 4.44. The van der Waals surface area contributed by atoms with Gasteiger partial charge in [0.2, 0.25) is 5.91 Å². The standard InChI is InChI=1S/C22H20N4O2/c1-13-20(15-4-8-17(9-5-15)25-14(2)27)19(12-23)22(24)26-21(13)16-6-10-18(28-3)11-7-16/h4-11H,1-3H3,(H2,24,26)(H,25,27). The molecule has 28 heavy (non-hydrogen) atoms. The minimum Gasteiger partial charge on any atom is -0.497 e. The molecule has 3 N–H and O–H groups in total. The molecule has 0 atom stereocenters. The number of pyridine rings is 1.